The molecule has 2 atom stereocenters. The van der Waals surface area contributed by atoms with Gasteiger partial charge in [-0.25, -0.2) is 0 Å². The van der Waals surface area contributed by atoms with E-state index in [-0.39, 0.29) is 17.6 Å². The molecule has 1 aliphatic carbocycles. The van der Waals surface area contributed by atoms with Gasteiger partial charge in [0.1, 0.15) is 0 Å². The maximum absolute atomic E-state index is 9.31. The molecular formula is C14H29NO. The number of aliphatic hydroxyl groups is 1. The van der Waals surface area contributed by atoms with Crippen molar-refractivity contribution in [2.24, 2.45) is 17.1 Å². The van der Waals surface area contributed by atoms with Crippen molar-refractivity contribution in [2.45, 2.75) is 71.3 Å². The van der Waals surface area contributed by atoms with Gasteiger partial charge in [-0.1, -0.05) is 26.2 Å². The molecule has 1 aliphatic rings. The van der Waals surface area contributed by atoms with Crippen molar-refractivity contribution >= 4 is 0 Å². The molecule has 96 valence electrons. The lowest BCUT2D eigenvalue weighted by molar-refractivity contribution is 0.0797. The molecule has 0 bridgehead atoms. The van der Waals surface area contributed by atoms with Crippen molar-refractivity contribution in [3.05, 3.63) is 0 Å². The van der Waals surface area contributed by atoms with Gasteiger partial charge in [-0.3, -0.25) is 0 Å². The molecule has 0 aromatic carbocycles. The smallest absolute Gasteiger partial charge is 0.0437 e. The van der Waals surface area contributed by atoms with E-state index in [0.29, 0.717) is 0 Å². The molecule has 2 heteroatoms. The van der Waals surface area contributed by atoms with Gasteiger partial charge in [0, 0.05) is 12.1 Å². The van der Waals surface area contributed by atoms with E-state index in [1.807, 2.05) is 0 Å². The number of aliphatic hydroxyl groups excluding tert-OH is 1. The highest BCUT2D eigenvalue weighted by molar-refractivity contribution is 4.97. The lowest BCUT2D eigenvalue weighted by Gasteiger charge is -2.44. The first-order chi connectivity index (χ1) is 7.45. The molecule has 0 spiro atoms. The van der Waals surface area contributed by atoms with Crippen LogP contribution in [-0.4, -0.2) is 17.3 Å². The van der Waals surface area contributed by atoms with Crippen LogP contribution in [0.5, 0.6) is 0 Å². The molecule has 0 aliphatic heterocycles. The van der Waals surface area contributed by atoms with Gasteiger partial charge in [0.25, 0.3) is 0 Å². The topological polar surface area (TPSA) is 46.2 Å². The van der Waals surface area contributed by atoms with Gasteiger partial charge in [-0.2, -0.15) is 0 Å². The van der Waals surface area contributed by atoms with Crippen LogP contribution < -0.4 is 5.73 Å². The molecule has 1 saturated carbocycles. The molecule has 2 nitrogen and oxygen atoms in total. The molecule has 16 heavy (non-hydrogen) atoms. The van der Waals surface area contributed by atoms with E-state index in [9.17, 15) is 5.11 Å². The van der Waals surface area contributed by atoms with Crippen LogP contribution in [-0.2, 0) is 0 Å². The van der Waals surface area contributed by atoms with Crippen LogP contribution in [0.1, 0.15) is 65.7 Å². The van der Waals surface area contributed by atoms with Crippen LogP contribution in [0.4, 0.5) is 0 Å². The highest BCUT2D eigenvalue weighted by Gasteiger charge is 2.42. The van der Waals surface area contributed by atoms with Crippen molar-refractivity contribution in [3.8, 4) is 0 Å². The van der Waals surface area contributed by atoms with Crippen LogP contribution >= 0.6 is 0 Å². The first kappa shape index (κ1) is 14.0. The van der Waals surface area contributed by atoms with E-state index in [1.165, 1.54) is 38.5 Å². The Morgan fingerprint density at radius 3 is 2.50 bits per heavy atom. The molecule has 0 aromatic rings. The van der Waals surface area contributed by atoms with Crippen LogP contribution in [0.25, 0.3) is 0 Å². The van der Waals surface area contributed by atoms with Gasteiger partial charge >= 0.3 is 0 Å². The average Bonchev–Trinajstić information content (AvgIpc) is 2.40. The Morgan fingerprint density at radius 1 is 1.31 bits per heavy atom. The van der Waals surface area contributed by atoms with Gasteiger partial charge in [0.2, 0.25) is 0 Å². The second kappa shape index (κ2) is 5.50. The summed E-state index contributed by atoms with van der Waals surface area (Å²) in [6.07, 6.45) is 8.45. The number of hydrogen-bond donors (Lipinski definition) is 2. The van der Waals surface area contributed by atoms with Crippen molar-refractivity contribution in [2.75, 3.05) is 6.61 Å². The van der Waals surface area contributed by atoms with Crippen LogP contribution in [0, 0.1) is 11.3 Å². The Balaban J connectivity index is 2.78. The third-order valence-corrected chi connectivity index (χ3v) is 4.83. The van der Waals surface area contributed by atoms with Crippen molar-refractivity contribution in [1.82, 2.24) is 0 Å². The third kappa shape index (κ3) is 2.98. The molecule has 0 amide bonds. The molecule has 0 saturated heterocycles. The molecule has 3 N–H and O–H groups in total. The van der Waals surface area contributed by atoms with Crippen LogP contribution in [0.3, 0.4) is 0 Å². The summed E-state index contributed by atoms with van der Waals surface area (Å²) in [5.41, 5.74) is 6.37. The van der Waals surface area contributed by atoms with Crippen molar-refractivity contribution in [1.29, 1.82) is 0 Å². The summed E-state index contributed by atoms with van der Waals surface area (Å²) < 4.78 is 0. The van der Waals surface area contributed by atoms with E-state index in [0.717, 1.165) is 12.3 Å². The zero-order valence-corrected chi connectivity index (χ0v) is 11.3. The Hall–Kier alpha value is -0.0800. The Morgan fingerprint density at radius 2 is 2.00 bits per heavy atom. The first-order valence-corrected chi connectivity index (χ1v) is 6.85. The van der Waals surface area contributed by atoms with Gasteiger partial charge in [0.05, 0.1) is 0 Å². The summed E-state index contributed by atoms with van der Waals surface area (Å²) in [6.45, 7) is 6.83. The lowest BCUT2D eigenvalue weighted by Crippen LogP contribution is -2.51. The fourth-order valence-corrected chi connectivity index (χ4v) is 3.32. The second-order valence-electron chi connectivity index (χ2n) is 6.18. The fourth-order valence-electron chi connectivity index (χ4n) is 3.32. The van der Waals surface area contributed by atoms with Crippen molar-refractivity contribution in [3.63, 3.8) is 0 Å². The van der Waals surface area contributed by atoms with Gasteiger partial charge in [-0.15, -0.1) is 0 Å². The number of nitrogens with two attached hydrogens (primary N) is 1. The minimum Gasteiger partial charge on any atom is -0.396 e. The largest absolute Gasteiger partial charge is 0.396 e. The van der Waals surface area contributed by atoms with Crippen molar-refractivity contribution < 1.29 is 5.11 Å². The molecule has 1 rings (SSSR count). The first-order valence-electron chi connectivity index (χ1n) is 6.85. The minimum atomic E-state index is -0.168. The van der Waals surface area contributed by atoms with Crippen LogP contribution in [0.2, 0.25) is 0 Å². The number of rotatable bonds is 4. The summed E-state index contributed by atoms with van der Waals surface area (Å²) in [4.78, 5) is 0. The van der Waals surface area contributed by atoms with Gasteiger partial charge in [-0.05, 0) is 50.9 Å². The molecule has 0 radical (unpaired) electrons. The minimum absolute atomic E-state index is 0.158. The average molecular weight is 227 g/mol. The summed E-state index contributed by atoms with van der Waals surface area (Å²) in [5.74, 6) is 0.878. The van der Waals surface area contributed by atoms with E-state index in [1.54, 1.807) is 0 Å². The standard InChI is InChI=1S/C14H29NO/c1-4-12-6-5-8-14(9-7-12,10-11-16)13(2,3)15/h12,16H,4-11,15H2,1-3H3. The van der Waals surface area contributed by atoms with Gasteiger partial charge < -0.3 is 10.8 Å². The molecule has 2 unspecified atom stereocenters. The van der Waals surface area contributed by atoms with E-state index in [4.69, 9.17) is 5.73 Å². The predicted octanol–water partition coefficient (Wildman–Crippen LogP) is 3.08. The summed E-state index contributed by atoms with van der Waals surface area (Å²) >= 11 is 0. The van der Waals surface area contributed by atoms with E-state index >= 15 is 0 Å². The number of hydrogen-bond acceptors (Lipinski definition) is 2. The molecular weight excluding hydrogens is 198 g/mol. The predicted molar refractivity (Wildman–Crippen MR) is 69.3 cm³/mol. The third-order valence-electron chi connectivity index (χ3n) is 4.83. The van der Waals surface area contributed by atoms with Gasteiger partial charge in [0.15, 0.2) is 0 Å². The highest BCUT2D eigenvalue weighted by atomic mass is 16.3. The van der Waals surface area contributed by atoms with Crippen LogP contribution in [0.15, 0.2) is 0 Å². The van der Waals surface area contributed by atoms with E-state index in [2.05, 4.69) is 20.8 Å². The Bertz CT molecular complexity index is 209. The normalized spacial score (nSPS) is 32.4. The Labute approximate surface area is 101 Å². The summed E-state index contributed by atoms with van der Waals surface area (Å²) in [6, 6.07) is 0. The maximum Gasteiger partial charge on any atom is 0.0437 e. The Kier molecular flexibility index (Phi) is 4.81. The molecule has 0 heterocycles. The SMILES string of the molecule is CCC1CCCC(CCO)(C(C)(C)N)CC1. The zero-order chi connectivity index (χ0) is 12.2. The van der Waals surface area contributed by atoms with E-state index < -0.39 is 0 Å². The lowest BCUT2D eigenvalue weighted by atomic mass is 9.65. The fraction of sp³-hybridized carbons (Fsp3) is 1.00. The maximum atomic E-state index is 9.31. The molecule has 1 fully saturated rings. The zero-order valence-electron chi connectivity index (χ0n) is 11.3. The summed E-state index contributed by atoms with van der Waals surface area (Å²) in [7, 11) is 0. The summed E-state index contributed by atoms with van der Waals surface area (Å²) in [5, 5.41) is 9.31. The monoisotopic (exact) mass is 227 g/mol. The quantitative estimate of drug-likeness (QED) is 0.725. The molecule has 0 aromatic heterocycles. The second-order valence-corrected chi connectivity index (χ2v) is 6.18. The highest BCUT2D eigenvalue weighted by Crippen LogP contribution is 2.46.